The van der Waals surface area contributed by atoms with E-state index in [2.05, 4.69) is 16.9 Å². The van der Waals surface area contributed by atoms with Crippen LogP contribution in [0.25, 0.3) is 0 Å². The Hall–Kier alpha value is -2.62. The maximum absolute atomic E-state index is 12.3. The maximum Gasteiger partial charge on any atom is 0.272 e. The number of benzene rings is 1. The summed E-state index contributed by atoms with van der Waals surface area (Å²) in [7, 11) is 1.78. The Labute approximate surface area is 125 Å². The van der Waals surface area contributed by atoms with Gasteiger partial charge in [-0.3, -0.25) is 4.79 Å². The first-order chi connectivity index (χ1) is 10.2. The predicted molar refractivity (Wildman–Crippen MR) is 85.2 cm³/mol. The summed E-state index contributed by atoms with van der Waals surface area (Å²) in [5.41, 5.74) is 2.41. The minimum Gasteiger partial charge on any atom is -0.380 e. The number of amides is 1. The summed E-state index contributed by atoms with van der Waals surface area (Å²) >= 11 is 0. The molecule has 0 aliphatic rings. The second-order valence-electron chi connectivity index (χ2n) is 4.75. The lowest BCUT2D eigenvalue weighted by molar-refractivity contribution is 0.0779. The quantitative estimate of drug-likeness (QED) is 0.828. The highest BCUT2D eigenvalue weighted by Crippen LogP contribution is 2.10. The Morgan fingerprint density at radius 3 is 2.67 bits per heavy atom. The summed E-state index contributed by atoms with van der Waals surface area (Å²) in [6.45, 7) is 4.88. The Morgan fingerprint density at radius 1 is 1.29 bits per heavy atom. The van der Waals surface area contributed by atoms with E-state index in [0.29, 0.717) is 18.8 Å². The highest BCUT2D eigenvalue weighted by molar-refractivity contribution is 5.92. The molecular formula is C17H19N3O. The Bertz CT molecular complexity index is 593. The fraction of sp³-hybridized carbons (Fsp3) is 0.176. The zero-order chi connectivity index (χ0) is 15.1. The number of aromatic nitrogens is 1. The van der Waals surface area contributed by atoms with E-state index in [1.807, 2.05) is 36.4 Å². The molecule has 108 valence electrons. The number of rotatable bonds is 6. The van der Waals surface area contributed by atoms with Gasteiger partial charge in [0.05, 0.1) is 11.9 Å². The van der Waals surface area contributed by atoms with Gasteiger partial charge in [-0.1, -0.05) is 36.4 Å². The standard InChI is InChI=1S/C17H19N3O/c1-3-11-18-15-9-10-16(19-12-15)17(21)20(2)13-14-7-5-4-6-8-14/h3-10,12,18H,1,11,13H2,2H3. The minimum atomic E-state index is -0.0888. The van der Waals surface area contributed by atoms with E-state index in [1.165, 1.54) is 0 Å². The fourth-order valence-corrected chi connectivity index (χ4v) is 1.94. The molecule has 0 fully saturated rings. The van der Waals surface area contributed by atoms with Crippen LogP contribution in [0, 0.1) is 0 Å². The molecule has 0 spiro atoms. The molecule has 0 saturated carbocycles. The van der Waals surface area contributed by atoms with Crippen molar-refractivity contribution in [1.29, 1.82) is 0 Å². The van der Waals surface area contributed by atoms with Crippen LogP contribution in [0.5, 0.6) is 0 Å². The molecule has 4 heteroatoms. The molecular weight excluding hydrogens is 262 g/mol. The van der Waals surface area contributed by atoms with E-state index in [9.17, 15) is 4.79 Å². The first-order valence-corrected chi connectivity index (χ1v) is 6.81. The third kappa shape index (κ3) is 4.18. The molecule has 0 aliphatic heterocycles. The van der Waals surface area contributed by atoms with Crippen molar-refractivity contribution >= 4 is 11.6 Å². The lowest BCUT2D eigenvalue weighted by Crippen LogP contribution is -2.26. The average molecular weight is 281 g/mol. The molecule has 0 aliphatic carbocycles. The van der Waals surface area contributed by atoms with Gasteiger partial charge in [0.1, 0.15) is 5.69 Å². The van der Waals surface area contributed by atoms with Crippen molar-refractivity contribution in [3.63, 3.8) is 0 Å². The van der Waals surface area contributed by atoms with E-state index in [4.69, 9.17) is 0 Å². The molecule has 2 aromatic rings. The van der Waals surface area contributed by atoms with E-state index >= 15 is 0 Å². The molecule has 1 heterocycles. The highest BCUT2D eigenvalue weighted by atomic mass is 16.2. The van der Waals surface area contributed by atoms with E-state index in [1.54, 1.807) is 30.3 Å². The summed E-state index contributed by atoms with van der Waals surface area (Å²) in [6, 6.07) is 13.5. The molecule has 1 amide bonds. The molecule has 21 heavy (non-hydrogen) atoms. The summed E-state index contributed by atoms with van der Waals surface area (Å²) in [5.74, 6) is -0.0888. The smallest absolute Gasteiger partial charge is 0.272 e. The Kier molecular flexibility index (Phi) is 5.10. The van der Waals surface area contributed by atoms with Crippen LogP contribution in [-0.2, 0) is 6.54 Å². The first-order valence-electron chi connectivity index (χ1n) is 6.81. The van der Waals surface area contributed by atoms with Gasteiger partial charge in [0.25, 0.3) is 5.91 Å². The third-order valence-electron chi connectivity index (χ3n) is 3.04. The monoisotopic (exact) mass is 281 g/mol. The zero-order valence-electron chi connectivity index (χ0n) is 12.1. The Morgan fingerprint density at radius 2 is 2.05 bits per heavy atom. The third-order valence-corrected chi connectivity index (χ3v) is 3.04. The number of nitrogens with one attached hydrogen (secondary N) is 1. The van der Waals surface area contributed by atoms with Gasteiger partial charge in [-0.05, 0) is 17.7 Å². The number of hydrogen-bond acceptors (Lipinski definition) is 3. The number of pyridine rings is 1. The predicted octanol–water partition coefficient (Wildman–Crippen LogP) is 2.95. The van der Waals surface area contributed by atoms with Crippen LogP contribution in [-0.4, -0.2) is 29.4 Å². The van der Waals surface area contributed by atoms with E-state index in [0.717, 1.165) is 11.3 Å². The molecule has 0 unspecified atom stereocenters. The zero-order valence-corrected chi connectivity index (χ0v) is 12.1. The van der Waals surface area contributed by atoms with Crippen molar-refractivity contribution in [3.05, 3.63) is 72.6 Å². The van der Waals surface area contributed by atoms with E-state index in [-0.39, 0.29) is 5.91 Å². The van der Waals surface area contributed by atoms with Gasteiger partial charge in [0, 0.05) is 20.1 Å². The molecule has 0 saturated heterocycles. The molecule has 4 nitrogen and oxygen atoms in total. The van der Waals surface area contributed by atoms with Crippen LogP contribution in [0.1, 0.15) is 16.1 Å². The van der Waals surface area contributed by atoms with Crippen LogP contribution < -0.4 is 5.32 Å². The summed E-state index contributed by atoms with van der Waals surface area (Å²) in [4.78, 5) is 18.2. The number of anilines is 1. The number of nitrogens with zero attached hydrogens (tertiary/aromatic N) is 2. The van der Waals surface area contributed by atoms with E-state index < -0.39 is 0 Å². The van der Waals surface area contributed by atoms with Gasteiger partial charge in [-0.15, -0.1) is 6.58 Å². The molecule has 2 rings (SSSR count). The molecule has 0 atom stereocenters. The Balaban J connectivity index is 2.00. The first kappa shape index (κ1) is 14.8. The van der Waals surface area contributed by atoms with Gasteiger partial charge in [-0.25, -0.2) is 4.98 Å². The number of carbonyl (C=O) groups is 1. The summed E-state index contributed by atoms with van der Waals surface area (Å²) in [5, 5.41) is 3.12. The van der Waals surface area contributed by atoms with Crippen molar-refractivity contribution in [2.24, 2.45) is 0 Å². The molecule has 0 bridgehead atoms. The minimum absolute atomic E-state index is 0.0888. The lowest BCUT2D eigenvalue weighted by Gasteiger charge is -2.17. The van der Waals surface area contributed by atoms with Crippen molar-refractivity contribution in [3.8, 4) is 0 Å². The maximum atomic E-state index is 12.3. The largest absolute Gasteiger partial charge is 0.380 e. The SMILES string of the molecule is C=CCNc1ccc(C(=O)N(C)Cc2ccccc2)nc1. The normalized spacial score (nSPS) is 9.95. The van der Waals surface area contributed by atoms with Crippen molar-refractivity contribution in [2.45, 2.75) is 6.54 Å². The molecule has 1 aromatic carbocycles. The van der Waals surface area contributed by atoms with Crippen LogP contribution in [0.4, 0.5) is 5.69 Å². The lowest BCUT2D eigenvalue weighted by atomic mass is 10.2. The second kappa shape index (κ2) is 7.24. The van der Waals surface area contributed by atoms with Gasteiger partial charge in [0.15, 0.2) is 0 Å². The van der Waals surface area contributed by atoms with Crippen molar-refractivity contribution < 1.29 is 4.79 Å². The molecule has 1 N–H and O–H groups in total. The van der Waals surface area contributed by atoms with Gasteiger partial charge in [0.2, 0.25) is 0 Å². The van der Waals surface area contributed by atoms with Crippen LogP contribution in [0.2, 0.25) is 0 Å². The average Bonchev–Trinajstić information content (AvgIpc) is 2.53. The fourth-order valence-electron chi connectivity index (χ4n) is 1.94. The molecule has 1 aromatic heterocycles. The van der Waals surface area contributed by atoms with Crippen LogP contribution in [0.3, 0.4) is 0 Å². The number of hydrogen-bond donors (Lipinski definition) is 1. The number of carbonyl (C=O) groups excluding carboxylic acids is 1. The second-order valence-corrected chi connectivity index (χ2v) is 4.75. The van der Waals surface area contributed by atoms with Crippen molar-refractivity contribution in [2.75, 3.05) is 18.9 Å². The van der Waals surface area contributed by atoms with Gasteiger partial charge in [-0.2, -0.15) is 0 Å². The van der Waals surface area contributed by atoms with Crippen LogP contribution in [0.15, 0.2) is 61.3 Å². The van der Waals surface area contributed by atoms with Crippen LogP contribution >= 0.6 is 0 Å². The molecule has 0 radical (unpaired) electrons. The summed E-state index contributed by atoms with van der Waals surface area (Å²) in [6.07, 6.45) is 3.43. The topological polar surface area (TPSA) is 45.2 Å². The summed E-state index contributed by atoms with van der Waals surface area (Å²) < 4.78 is 0. The van der Waals surface area contributed by atoms with Gasteiger partial charge < -0.3 is 10.2 Å². The van der Waals surface area contributed by atoms with Crippen molar-refractivity contribution in [1.82, 2.24) is 9.88 Å². The highest BCUT2D eigenvalue weighted by Gasteiger charge is 2.13. The van der Waals surface area contributed by atoms with Gasteiger partial charge >= 0.3 is 0 Å².